The third-order valence-electron chi connectivity index (χ3n) is 2.63. The van der Waals surface area contributed by atoms with E-state index in [0.717, 1.165) is 17.7 Å². The Balaban J connectivity index is 3.05. The number of methoxy groups -OCH3 is 1. The lowest BCUT2D eigenvalue weighted by Crippen LogP contribution is -2.04. The van der Waals surface area contributed by atoms with E-state index >= 15 is 0 Å². The van der Waals surface area contributed by atoms with Crippen LogP contribution in [0.4, 0.5) is 0 Å². The van der Waals surface area contributed by atoms with Crippen LogP contribution in [0, 0.1) is 5.92 Å². The van der Waals surface area contributed by atoms with Crippen LogP contribution >= 0.6 is 23.2 Å². The number of rotatable bonds is 4. The Labute approximate surface area is 101 Å². The molecule has 0 saturated carbocycles. The van der Waals surface area contributed by atoms with Crippen LogP contribution in [0.3, 0.4) is 0 Å². The average Bonchev–Trinajstić information content (AvgIpc) is 2.27. The molecule has 0 radical (unpaired) electrons. The van der Waals surface area contributed by atoms with Gasteiger partial charge in [0.05, 0.1) is 12.5 Å². The Morgan fingerprint density at radius 3 is 2.60 bits per heavy atom. The van der Waals surface area contributed by atoms with E-state index in [-0.39, 0.29) is 5.38 Å². The Morgan fingerprint density at radius 1 is 1.40 bits per heavy atom. The minimum Gasteiger partial charge on any atom is -0.496 e. The van der Waals surface area contributed by atoms with Crippen LogP contribution < -0.4 is 4.74 Å². The molecule has 0 spiro atoms. The van der Waals surface area contributed by atoms with E-state index in [9.17, 15) is 0 Å². The molecular formula is C12H16Cl2O. The fraction of sp³-hybridized carbons (Fsp3) is 0.500. The second kappa shape index (κ2) is 5.62. The maximum absolute atomic E-state index is 6.37. The van der Waals surface area contributed by atoms with Crippen LogP contribution in [-0.4, -0.2) is 7.11 Å². The molecule has 2 atom stereocenters. The first-order chi connectivity index (χ1) is 7.10. The maximum Gasteiger partial charge on any atom is 0.123 e. The first kappa shape index (κ1) is 12.7. The topological polar surface area (TPSA) is 9.23 Å². The van der Waals surface area contributed by atoms with Gasteiger partial charge in [-0.05, 0) is 24.1 Å². The van der Waals surface area contributed by atoms with Gasteiger partial charge in [-0.3, -0.25) is 0 Å². The van der Waals surface area contributed by atoms with Crippen molar-refractivity contribution in [2.75, 3.05) is 7.11 Å². The molecule has 1 aromatic carbocycles. The highest BCUT2D eigenvalue weighted by Gasteiger charge is 2.19. The summed E-state index contributed by atoms with van der Waals surface area (Å²) in [5, 5.41) is 0.642. The molecule has 15 heavy (non-hydrogen) atoms. The molecule has 0 amide bonds. The molecule has 1 nitrogen and oxygen atoms in total. The quantitative estimate of drug-likeness (QED) is 0.702. The van der Waals surface area contributed by atoms with Crippen molar-refractivity contribution in [3.8, 4) is 5.75 Å². The number of alkyl halides is 1. The van der Waals surface area contributed by atoms with Gasteiger partial charge in [0.25, 0.3) is 0 Å². The number of benzene rings is 1. The van der Waals surface area contributed by atoms with Crippen LogP contribution in [0.25, 0.3) is 0 Å². The van der Waals surface area contributed by atoms with E-state index in [1.807, 2.05) is 18.2 Å². The first-order valence-corrected chi connectivity index (χ1v) is 5.89. The van der Waals surface area contributed by atoms with Crippen molar-refractivity contribution in [1.82, 2.24) is 0 Å². The lowest BCUT2D eigenvalue weighted by Gasteiger charge is -2.19. The SMILES string of the molecule is CCC(C)C(Cl)c1cc(Cl)ccc1OC. The predicted molar refractivity (Wildman–Crippen MR) is 66.1 cm³/mol. The van der Waals surface area contributed by atoms with E-state index in [2.05, 4.69) is 13.8 Å². The summed E-state index contributed by atoms with van der Waals surface area (Å²) in [5.74, 6) is 1.21. The summed E-state index contributed by atoms with van der Waals surface area (Å²) in [4.78, 5) is 0. The zero-order valence-corrected chi connectivity index (χ0v) is 10.8. The van der Waals surface area contributed by atoms with Crippen molar-refractivity contribution >= 4 is 23.2 Å². The van der Waals surface area contributed by atoms with Gasteiger partial charge in [0.1, 0.15) is 5.75 Å². The Kier molecular flexibility index (Phi) is 4.75. The van der Waals surface area contributed by atoms with Gasteiger partial charge in [-0.1, -0.05) is 31.9 Å². The molecule has 2 unspecified atom stereocenters. The zero-order valence-electron chi connectivity index (χ0n) is 9.26. The second-order valence-corrected chi connectivity index (χ2v) is 4.58. The maximum atomic E-state index is 6.37. The van der Waals surface area contributed by atoms with E-state index in [4.69, 9.17) is 27.9 Å². The van der Waals surface area contributed by atoms with Crippen LogP contribution in [0.5, 0.6) is 5.75 Å². The summed E-state index contributed by atoms with van der Waals surface area (Å²) in [6.45, 7) is 4.25. The highest BCUT2D eigenvalue weighted by Crippen LogP contribution is 2.37. The van der Waals surface area contributed by atoms with Crippen LogP contribution in [0.1, 0.15) is 31.2 Å². The number of halogens is 2. The first-order valence-electron chi connectivity index (χ1n) is 5.07. The standard InChI is InChI=1S/C12H16Cl2O/c1-4-8(2)12(14)10-7-9(13)5-6-11(10)15-3/h5-8,12H,4H2,1-3H3. The Bertz CT molecular complexity index is 325. The van der Waals surface area contributed by atoms with Gasteiger partial charge in [0.15, 0.2) is 0 Å². The second-order valence-electron chi connectivity index (χ2n) is 3.67. The highest BCUT2D eigenvalue weighted by atomic mass is 35.5. The van der Waals surface area contributed by atoms with E-state index in [1.54, 1.807) is 7.11 Å². The number of hydrogen-bond donors (Lipinski definition) is 0. The molecule has 0 bridgehead atoms. The minimum atomic E-state index is -0.0522. The van der Waals surface area contributed by atoms with Gasteiger partial charge >= 0.3 is 0 Å². The van der Waals surface area contributed by atoms with Gasteiger partial charge in [0, 0.05) is 10.6 Å². The van der Waals surface area contributed by atoms with Crippen molar-refractivity contribution in [1.29, 1.82) is 0 Å². The zero-order chi connectivity index (χ0) is 11.4. The fourth-order valence-electron chi connectivity index (χ4n) is 1.43. The molecule has 0 aliphatic heterocycles. The third kappa shape index (κ3) is 3.02. The summed E-state index contributed by atoms with van der Waals surface area (Å²) in [7, 11) is 1.65. The van der Waals surface area contributed by atoms with Crippen molar-refractivity contribution in [3.63, 3.8) is 0 Å². The molecule has 0 N–H and O–H groups in total. The fourth-order valence-corrected chi connectivity index (χ4v) is 1.96. The number of hydrogen-bond acceptors (Lipinski definition) is 1. The normalized spacial score (nSPS) is 14.7. The summed E-state index contributed by atoms with van der Waals surface area (Å²) in [6.07, 6.45) is 1.03. The molecule has 1 aromatic rings. The lowest BCUT2D eigenvalue weighted by atomic mass is 9.97. The molecule has 1 rings (SSSR count). The van der Waals surface area contributed by atoms with Crippen molar-refractivity contribution < 1.29 is 4.74 Å². The molecule has 0 aromatic heterocycles. The Hall–Kier alpha value is -0.400. The van der Waals surface area contributed by atoms with Gasteiger partial charge in [-0.25, -0.2) is 0 Å². The van der Waals surface area contributed by atoms with Gasteiger partial charge < -0.3 is 4.74 Å². The van der Waals surface area contributed by atoms with E-state index in [0.29, 0.717) is 10.9 Å². The van der Waals surface area contributed by atoms with Gasteiger partial charge in [0.2, 0.25) is 0 Å². The largest absolute Gasteiger partial charge is 0.496 e. The molecule has 0 aliphatic carbocycles. The van der Waals surface area contributed by atoms with Crippen LogP contribution in [0.2, 0.25) is 5.02 Å². The van der Waals surface area contributed by atoms with Gasteiger partial charge in [-0.2, -0.15) is 0 Å². The van der Waals surface area contributed by atoms with Crippen molar-refractivity contribution in [2.45, 2.75) is 25.6 Å². The predicted octanol–water partition coefficient (Wildman–Crippen LogP) is 4.67. The van der Waals surface area contributed by atoms with E-state index < -0.39 is 0 Å². The minimum absolute atomic E-state index is 0.0522. The third-order valence-corrected chi connectivity index (χ3v) is 3.53. The molecule has 0 fully saturated rings. The molecule has 84 valence electrons. The van der Waals surface area contributed by atoms with Crippen LogP contribution in [-0.2, 0) is 0 Å². The summed E-state index contributed by atoms with van der Waals surface area (Å²) < 4.78 is 5.27. The smallest absolute Gasteiger partial charge is 0.123 e. The van der Waals surface area contributed by atoms with E-state index in [1.165, 1.54) is 0 Å². The average molecular weight is 247 g/mol. The summed E-state index contributed by atoms with van der Waals surface area (Å²) >= 11 is 12.3. The van der Waals surface area contributed by atoms with Gasteiger partial charge in [-0.15, -0.1) is 11.6 Å². The number of ether oxygens (including phenoxy) is 1. The molecule has 3 heteroatoms. The van der Waals surface area contributed by atoms with Crippen molar-refractivity contribution in [3.05, 3.63) is 28.8 Å². The van der Waals surface area contributed by atoms with Crippen LogP contribution in [0.15, 0.2) is 18.2 Å². The Morgan fingerprint density at radius 2 is 2.07 bits per heavy atom. The summed E-state index contributed by atoms with van der Waals surface area (Å²) in [6, 6.07) is 5.55. The highest BCUT2D eigenvalue weighted by molar-refractivity contribution is 6.31. The van der Waals surface area contributed by atoms with Crippen molar-refractivity contribution in [2.24, 2.45) is 5.92 Å². The summed E-state index contributed by atoms with van der Waals surface area (Å²) in [5.41, 5.74) is 0.973. The molecule has 0 aliphatic rings. The monoisotopic (exact) mass is 246 g/mol. The molecular weight excluding hydrogens is 231 g/mol. The lowest BCUT2D eigenvalue weighted by molar-refractivity contribution is 0.403. The molecule has 0 saturated heterocycles. The molecule has 0 heterocycles.